The number of hydrogen-bond donors (Lipinski definition) is 2. The van der Waals surface area contributed by atoms with Crippen molar-refractivity contribution in [3.63, 3.8) is 0 Å². The van der Waals surface area contributed by atoms with Gasteiger partial charge in [-0.1, -0.05) is 6.07 Å². The van der Waals surface area contributed by atoms with Crippen LogP contribution in [0.25, 0.3) is 0 Å². The molecule has 0 aliphatic heterocycles. The number of benzene rings is 1. The molecule has 1 aromatic carbocycles. The summed E-state index contributed by atoms with van der Waals surface area (Å²) in [4.78, 5) is 10.3. The number of carbonyl (C=O) groups is 1. The molecule has 0 saturated carbocycles. The first kappa shape index (κ1) is 12.5. The monoisotopic (exact) mass is 244 g/mol. The number of nitrogens with one attached hydrogen (secondary N) is 1. The molecular formula is C9H10NO5S. The maximum atomic E-state index is 11.0. The van der Waals surface area contributed by atoms with E-state index >= 15 is 0 Å². The average Bonchev–Trinajstić information content (AvgIpc) is 2.15. The van der Waals surface area contributed by atoms with Gasteiger partial charge in [-0.2, -0.15) is 8.42 Å². The largest absolute Gasteiger partial charge is 0.493 e. The molecule has 0 aromatic heterocycles. The van der Waals surface area contributed by atoms with Gasteiger partial charge in [0.15, 0.2) is 5.75 Å². The Morgan fingerprint density at radius 3 is 2.62 bits per heavy atom. The number of amides is 1. The van der Waals surface area contributed by atoms with Crippen LogP contribution in [0.4, 0.5) is 5.69 Å². The number of methoxy groups -OCH3 is 1. The molecule has 0 saturated heterocycles. The molecular weight excluding hydrogens is 234 g/mol. The number of carbonyl (C=O) groups excluding carboxylic acids is 1. The van der Waals surface area contributed by atoms with Crippen LogP contribution < -0.4 is 10.1 Å². The lowest BCUT2D eigenvalue weighted by molar-refractivity contribution is -0.114. The predicted molar refractivity (Wildman–Crippen MR) is 55.9 cm³/mol. The van der Waals surface area contributed by atoms with Gasteiger partial charge in [0.25, 0.3) is 10.1 Å². The van der Waals surface area contributed by atoms with Crippen LogP contribution in [-0.2, 0) is 14.9 Å². The van der Waals surface area contributed by atoms with Crippen molar-refractivity contribution in [1.82, 2.24) is 0 Å². The van der Waals surface area contributed by atoms with E-state index in [1.165, 1.54) is 26.2 Å². The highest BCUT2D eigenvalue weighted by molar-refractivity contribution is 7.86. The van der Waals surface area contributed by atoms with E-state index in [-0.39, 0.29) is 17.3 Å². The van der Waals surface area contributed by atoms with E-state index in [4.69, 9.17) is 9.29 Å². The van der Waals surface area contributed by atoms with E-state index in [2.05, 4.69) is 11.4 Å². The summed E-state index contributed by atoms with van der Waals surface area (Å²) in [5.74, 6) is -0.536. The number of rotatable bonds is 3. The van der Waals surface area contributed by atoms with Gasteiger partial charge in [-0.25, -0.2) is 0 Å². The molecule has 0 fully saturated rings. The van der Waals surface area contributed by atoms with Crippen molar-refractivity contribution in [2.45, 2.75) is 11.8 Å². The second kappa shape index (κ2) is 4.50. The Kier molecular flexibility index (Phi) is 3.51. The van der Waals surface area contributed by atoms with Gasteiger partial charge in [-0.3, -0.25) is 9.35 Å². The average molecular weight is 244 g/mol. The Labute approximate surface area is 93.0 Å². The molecule has 16 heavy (non-hydrogen) atoms. The topological polar surface area (TPSA) is 92.7 Å². The lowest BCUT2D eigenvalue weighted by atomic mass is 10.3. The number of hydrogen-bond acceptors (Lipinski definition) is 4. The minimum atomic E-state index is -4.44. The van der Waals surface area contributed by atoms with Gasteiger partial charge < -0.3 is 10.1 Å². The molecule has 0 aliphatic rings. The van der Waals surface area contributed by atoms with Crippen LogP contribution in [-0.4, -0.2) is 26.0 Å². The lowest BCUT2D eigenvalue weighted by Crippen LogP contribution is -2.09. The zero-order chi connectivity index (χ0) is 12.3. The Morgan fingerprint density at radius 2 is 2.19 bits per heavy atom. The zero-order valence-electron chi connectivity index (χ0n) is 8.64. The lowest BCUT2D eigenvalue weighted by Gasteiger charge is -2.11. The van der Waals surface area contributed by atoms with Crippen LogP contribution in [0.3, 0.4) is 0 Å². The Balaban J connectivity index is 3.38. The molecule has 1 radical (unpaired) electrons. The molecule has 0 aliphatic carbocycles. The Morgan fingerprint density at radius 1 is 1.56 bits per heavy atom. The first-order valence-electron chi connectivity index (χ1n) is 4.20. The molecule has 0 heterocycles. The van der Waals surface area contributed by atoms with Crippen molar-refractivity contribution < 1.29 is 22.5 Å². The molecule has 0 spiro atoms. The third-order valence-electron chi connectivity index (χ3n) is 1.69. The van der Waals surface area contributed by atoms with Crippen molar-refractivity contribution in [2.75, 3.05) is 12.4 Å². The first-order valence-corrected chi connectivity index (χ1v) is 5.64. The Bertz CT molecular complexity index is 509. The summed E-state index contributed by atoms with van der Waals surface area (Å²) in [5.41, 5.74) is 0.154. The van der Waals surface area contributed by atoms with Crippen LogP contribution in [0.2, 0.25) is 0 Å². The van der Waals surface area contributed by atoms with Gasteiger partial charge in [-0.05, 0) is 6.07 Å². The van der Waals surface area contributed by atoms with E-state index in [1.807, 2.05) is 0 Å². The number of ether oxygens (including phenoxy) is 1. The number of anilines is 1. The van der Waals surface area contributed by atoms with Crippen LogP contribution >= 0.6 is 0 Å². The van der Waals surface area contributed by atoms with E-state index < -0.39 is 15.0 Å². The molecule has 6 nitrogen and oxygen atoms in total. The minimum Gasteiger partial charge on any atom is -0.493 e. The third-order valence-corrected chi connectivity index (χ3v) is 2.51. The molecule has 0 bridgehead atoms. The van der Waals surface area contributed by atoms with Crippen molar-refractivity contribution in [1.29, 1.82) is 0 Å². The van der Waals surface area contributed by atoms with Crippen molar-refractivity contribution in [3.8, 4) is 5.75 Å². The van der Waals surface area contributed by atoms with E-state index in [0.29, 0.717) is 0 Å². The highest BCUT2D eigenvalue weighted by Gasteiger charge is 2.19. The molecule has 1 amide bonds. The fourth-order valence-corrected chi connectivity index (χ4v) is 1.79. The van der Waals surface area contributed by atoms with E-state index in [0.717, 1.165) is 0 Å². The normalized spacial score (nSPS) is 10.9. The fraction of sp³-hybridized carbons (Fsp3) is 0.222. The molecule has 1 rings (SSSR count). The summed E-state index contributed by atoms with van der Waals surface area (Å²) in [5, 5.41) is 2.38. The molecule has 0 atom stereocenters. The summed E-state index contributed by atoms with van der Waals surface area (Å²) in [7, 11) is -3.21. The first-order chi connectivity index (χ1) is 7.36. The summed E-state index contributed by atoms with van der Waals surface area (Å²) >= 11 is 0. The van der Waals surface area contributed by atoms with Gasteiger partial charge >= 0.3 is 0 Å². The van der Waals surface area contributed by atoms with Crippen molar-refractivity contribution in [2.24, 2.45) is 0 Å². The Hall–Kier alpha value is -1.60. The second-order valence-electron chi connectivity index (χ2n) is 2.91. The maximum Gasteiger partial charge on any atom is 0.298 e. The second-order valence-corrected chi connectivity index (χ2v) is 4.27. The summed E-state index contributed by atoms with van der Waals surface area (Å²) in [6.07, 6.45) is 0. The molecule has 7 heteroatoms. The summed E-state index contributed by atoms with van der Waals surface area (Å²) in [6, 6.07) is 5.00. The van der Waals surface area contributed by atoms with Gasteiger partial charge in [0, 0.05) is 13.0 Å². The van der Waals surface area contributed by atoms with Crippen LogP contribution in [0.5, 0.6) is 5.75 Å². The van der Waals surface area contributed by atoms with E-state index in [9.17, 15) is 13.2 Å². The zero-order valence-corrected chi connectivity index (χ0v) is 9.46. The van der Waals surface area contributed by atoms with Gasteiger partial charge in [0.2, 0.25) is 5.91 Å². The highest BCUT2D eigenvalue weighted by atomic mass is 32.2. The predicted octanol–water partition coefficient (Wildman–Crippen LogP) is 0.700. The molecule has 2 N–H and O–H groups in total. The summed E-state index contributed by atoms with van der Waals surface area (Å²) in [6.45, 7) is 1.27. The summed E-state index contributed by atoms with van der Waals surface area (Å²) < 4.78 is 35.7. The fourth-order valence-electron chi connectivity index (χ4n) is 1.15. The van der Waals surface area contributed by atoms with Crippen LogP contribution in [0.1, 0.15) is 6.92 Å². The third kappa shape index (κ3) is 2.71. The van der Waals surface area contributed by atoms with Gasteiger partial charge in [0.1, 0.15) is 4.90 Å². The minimum absolute atomic E-state index is 0.153. The SMILES string of the molecule is COc1c(S(=O)(=O)O)[c]ccc1NC(C)=O. The quantitative estimate of drug-likeness (QED) is 0.763. The van der Waals surface area contributed by atoms with Crippen LogP contribution in [0, 0.1) is 6.07 Å². The molecule has 0 unspecified atom stereocenters. The molecule has 1 aromatic rings. The van der Waals surface area contributed by atoms with E-state index in [1.54, 1.807) is 0 Å². The van der Waals surface area contributed by atoms with Gasteiger partial charge in [0.05, 0.1) is 12.8 Å². The highest BCUT2D eigenvalue weighted by Crippen LogP contribution is 2.31. The van der Waals surface area contributed by atoms with Crippen molar-refractivity contribution >= 4 is 21.7 Å². The van der Waals surface area contributed by atoms with Crippen molar-refractivity contribution in [3.05, 3.63) is 18.2 Å². The van der Waals surface area contributed by atoms with Crippen LogP contribution in [0.15, 0.2) is 17.0 Å². The smallest absolute Gasteiger partial charge is 0.298 e. The maximum absolute atomic E-state index is 11.0. The standard InChI is InChI=1S/C9H10NO5S/c1-6(11)10-7-4-3-5-8(9(7)15-2)16(12,13)14/h3-4H,1-2H3,(H,10,11)(H,12,13,14). The van der Waals surface area contributed by atoms with Gasteiger partial charge in [-0.15, -0.1) is 0 Å². The molecule has 87 valence electrons.